The van der Waals surface area contributed by atoms with Crippen LogP contribution in [0.1, 0.15) is 41.7 Å². The van der Waals surface area contributed by atoms with E-state index in [1.54, 1.807) is 0 Å². The van der Waals surface area contributed by atoms with Crippen molar-refractivity contribution < 1.29 is 22.2 Å². The van der Waals surface area contributed by atoms with Gasteiger partial charge in [-0.15, -0.1) is 0 Å². The van der Waals surface area contributed by atoms with Crippen LogP contribution in [0.25, 0.3) is 0 Å². The number of ketones is 1. The van der Waals surface area contributed by atoms with Gasteiger partial charge in [-0.2, -0.15) is 13.2 Å². The van der Waals surface area contributed by atoms with Crippen LogP contribution in [0.5, 0.6) is 0 Å². The van der Waals surface area contributed by atoms with Crippen LogP contribution in [0.4, 0.5) is 13.2 Å². The van der Waals surface area contributed by atoms with E-state index in [0.29, 0.717) is 12.8 Å². The number of halogens is 3. The molecular weight excluding hydrogens is 303 g/mol. The van der Waals surface area contributed by atoms with Crippen LogP contribution in [0.3, 0.4) is 0 Å². The molecule has 0 aliphatic carbocycles. The molecule has 2 aliphatic heterocycles. The van der Waals surface area contributed by atoms with Crippen LogP contribution in [-0.2, 0) is 17.0 Å². The second-order valence-corrected chi connectivity index (χ2v) is 7.60. The topological polar surface area (TPSA) is 47.0 Å². The maximum Gasteiger partial charge on any atom is 0.416 e. The Hall–Kier alpha value is -1.24. The summed E-state index contributed by atoms with van der Waals surface area (Å²) in [6.45, 7) is 0. The lowest BCUT2D eigenvalue weighted by Gasteiger charge is -2.26. The van der Waals surface area contributed by atoms with Gasteiger partial charge >= 0.3 is 6.18 Å². The van der Waals surface area contributed by atoms with Crippen molar-refractivity contribution >= 4 is 16.6 Å². The van der Waals surface area contributed by atoms with Gasteiger partial charge in [0.1, 0.15) is 5.69 Å². The first-order valence-electron chi connectivity index (χ1n) is 6.83. The lowest BCUT2D eigenvalue weighted by atomic mass is 9.92. The normalized spacial score (nSPS) is 32.1. The van der Waals surface area contributed by atoms with E-state index in [4.69, 9.17) is 0 Å². The van der Waals surface area contributed by atoms with E-state index in [0.717, 1.165) is 31.2 Å². The van der Waals surface area contributed by atoms with Gasteiger partial charge in [-0.05, 0) is 37.8 Å². The van der Waals surface area contributed by atoms with Crippen molar-refractivity contribution in [2.45, 2.75) is 42.4 Å². The van der Waals surface area contributed by atoms with Crippen molar-refractivity contribution in [3.63, 3.8) is 0 Å². The third-order valence-electron chi connectivity index (χ3n) is 4.27. The van der Waals surface area contributed by atoms with Crippen molar-refractivity contribution in [2.24, 2.45) is 5.92 Å². The zero-order chi connectivity index (χ0) is 15.2. The Balaban J connectivity index is 1.82. The summed E-state index contributed by atoms with van der Waals surface area (Å²) in [5.74, 6) is -0.703. The number of carbonyl (C=O) groups excluding carboxylic acids is 1. The maximum atomic E-state index is 12.7. The summed E-state index contributed by atoms with van der Waals surface area (Å²) in [4.78, 5) is 16.2. The molecule has 3 nitrogen and oxygen atoms in total. The number of Topliss-reactive ketones (excluding diaryl/α,β-unsaturated/α-hetero) is 1. The largest absolute Gasteiger partial charge is 0.416 e. The number of nitrogens with zero attached hydrogens (tertiary/aromatic N) is 1. The smallest absolute Gasteiger partial charge is 0.292 e. The summed E-state index contributed by atoms with van der Waals surface area (Å²) in [5, 5.41) is 0.0343. The van der Waals surface area contributed by atoms with Crippen molar-refractivity contribution in [1.29, 1.82) is 0 Å². The molecule has 2 atom stereocenters. The number of aromatic nitrogens is 1. The molecule has 114 valence electrons. The molecule has 0 saturated carbocycles. The van der Waals surface area contributed by atoms with E-state index in [1.165, 1.54) is 0 Å². The molecule has 0 amide bonds. The third-order valence-corrected chi connectivity index (χ3v) is 6.44. The minimum atomic E-state index is -4.48. The molecule has 1 aromatic heterocycles. The molecule has 7 heteroatoms. The second-order valence-electron chi connectivity index (χ2n) is 5.61. The van der Waals surface area contributed by atoms with E-state index in [-0.39, 0.29) is 27.9 Å². The van der Waals surface area contributed by atoms with E-state index in [9.17, 15) is 22.2 Å². The molecule has 1 aromatic rings. The number of alkyl halides is 3. The third kappa shape index (κ3) is 2.75. The van der Waals surface area contributed by atoms with Crippen LogP contribution in [-0.4, -0.2) is 25.5 Å². The quantitative estimate of drug-likeness (QED) is 0.788. The number of hydrogen-bond donors (Lipinski definition) is 0. The Bertz CT molecular complexity index is 586. The highest BCUT2D eigenvalue weighted by Crippen LogP contribution is 2.40. The molecule has 2 unspecified atom stereocenters. The fraction of sp³-hybridized carbons (Fsp3) is 0.571. The Morgan fingerprint density at radius 2 is 1.86 bits per heavy atom. The summed E-state index contributed by atoms with van der Waals surface area (Å²) < 4.78 is 50.0. The fourth-order valence-electron chi connectivity index (χ4n) is 3.20. The highest BCUT2D eigenvalue weighted by atomic mass is 32.2. The zero-order valence-electron chi connectivity index (χ0n) is 11.1. The summed E-state index contributed by atoms with van der Waals surface area (Å²) in [7, 11) is -0.883. The Morgan fingerprint density at radius 1 is 1.24 bits per heavy atom. The number of hydrogen-bond acceptors (Lipinski definition) is 3. The van der Waals surface area contributed by atoms with Gasteiger partial charge in [0.05, 0.1) is 5.56 Å². The maximum absolute atomic E-state index is 12.7. The Labute approximate surface area is 122 Å². The zero-order valence-corrected chi connectivity index (χ0v) is 11.9. The average Bonchev–Trinajstić information content (AvgIpc) is 2.66. The molecule has 21 heavy (non-hydrogen) atoms. The molecule has 0 aromatic carbocycles. The van der Waals surface area contributed by atoms with Crippen molar-refractivity contribution in [3.05, 3.63) is 29.6 Å². The van der Waals surface area contributed by atoms with Crippen molar-refractivity contribution in [1.82, 2.24) is 4.98 Å². The lowest BCUT2D eigenvalue weighted by Crippen LogP contribution is -2.32. The van der Waals surface area contributed by atoms with Crippen molar-refractivity contribution in [2.75, 3.05) is 0 Å². The van der Waals surface area contributed by atoms with E-state index < -0.39 is 22.5 Å². The van der Waals surface area contributed by atoms with Crippen LogP contribution in [0.2, 0.25) is 0 Å². The van der Waals surface area contributed by atoms with Crippen LogP contribution in [0.15, 0.2) is 18.3 Å². The van der Waals surface area contributed by atoms with Gasteiger partial charge in [0.15, 0.2) is 5.78 Å². The highest BCUT2D eigenvalue weighted by molar-refractivity contribution is 7.86. The van der Waals surface area contributed by atoms with E-state index in [2.05, 4.69) is 4.98 Å². The highest BCUT2D eigenvalue weighted by Gasteiger charge is 2.43. The van der Waals surface area contributed by atoms with E-state index >= 15 is 0 Å². The molecule has 2 bridgehead atoms. The predicted octanol–water partition coefficient (Wildman–Crippen LogP) is 2.97. The molecule has 2 aliphatic rings. The molecule has 0 radical (unpaired) electrons. The Kier molecular flexibility index (Phi) is 3.63. The Morgan fingerprint density at radius 3 is 2.43 bits per heavy atom. The van der Waals surface area contributed by atoms with Gasteiger partial charge in [-0.1, -0.05) is 0 Å². The van der Waals surface area contributed by atoms with Crippen molar-refractivity contribution in [3.8, 4) is 0 Å². The first-order chi connectivity index (χ1) is 9.86. The van der Waals surface area contributed by atoms with Crippen LogP contribution >= 0.6 is 0 Å². The summed E-state index contributed by atoms with van der Waals surface area (Å²) in [5.41, 5.74) is -0.995. The molecule has 0 spiro atoms. The van der Waals surface area contributed by atoms with Gasteiger partial charge in [-0.25, -0.2) is 0 Å². The van der Waals surface area contributed by atoms with Gasteiger partial charge in [0.25, 0.3) is 0 Å². The standard InChI is InChI=1S/C14H14F3NO2S/c15-14(16,17)9-3-4-18-12(7-9)13(19)8-5-10-1-2-11(6-8)21(10)20/h3-4,7-8,10-11H,1-2,5-6H2. The number of carbonyl (C=O) groups is 1. The first kappa shape index (κ1) is 14.7. The number of fused-ring (bicyclic) bond motifs is 2. The minimum absolute atomic E-state index is 0.0171. The second kappa shape index (κ2) is 5.19. The molecule has 0 N–H and O–H groups in total. The lowest BCUT2D eigenvalue weighted by molar-refractivity contribution is -0.137. The molecule has 3 heterocycles. The van der Waals surface area contributed by atoms with Crippen LogP contribution < -0.4 is 0 Å². The first-order valence-corrected chi connectivity index (χ1v) is 8.10. The average molecular weight is 317 g/mol. The number of rotatable bonds is 2. The van der Waals surface area contributed by atoms with Gasteiger partial charge in [0, 0.05) is 33.4 Å². The SMILES string of the molecule is O=C(c1cc(C(F)(F)F)ccn1)C1CC2CCC(C1)S2=O. The fourth-order valence-corrected chi connectivity index (χ4v) is 5.32. The molecule has 3 rings (SSSR count). The predicted molar refractivity (Wildman–Crippen MR) is 71.2 cm³/mol. The van der Waals surface area contributed by atoms with Gasteiger partial charge in [0.2, 0.25) is 0 Å². The summed E-state index contributed by atoms with van der Waals surface area (Å²) >= 11 is 0. The van der Waals surface area contributed by atoms with Gasteiger partial charge in [-0.3, -0.25) is 14.0 Å². The molecule has 2 saturated heterocycles. The van der Waals surface area contributed by atoms with Crippen LogP contribution in [0, 0.1) is 5.92 Å². The molecule has 2 fully saturated rings. The number of pyridine rings is 1. The molecular formula is C14H14F3NO2S. The van der Waals surface area contributed by atoms with E-state index in [1.807, 2.05) is 0 Å². The summed E-state index contributed by atoms with van der Waals surface area (Å²) in [6.07, 6.45) is -0.773. The monoisotopic (exact) mass is 317 g/mol. The van der Waals surface area contributed by atoms with Gasteiger partial charge < -0.3 is 0 Å². The minimum Gasteiger partial charge on any atom is -0.292 e. The summed E-state index contributed by atoms with van der Waals surface area (Å²) in [6, 6.07) is 1.67.